The molecule has 0 aromatic heterocycles. The van der Waals surface area contributed by atoms with E-state index in [1.165, 1.54) is 0 Å². The van der Waals surface area contributed by atoms with Crippen LogP contribution in [-0.4, -0.2) is 65.3 Å². The Morgan fingerprint density at radius 3 is 1.83 bits per heavy atom. The Bertz CT molecular complexity index is 652. The van der Waals surface area contributed by atoms with Gasteiger partial charge in [-0.1, -0.05) is 13.8 Å². The minimum Gasteiger partial charge on any atom is -0.480 e. The summed E-state index contributed by atoms with van der Waals surface area (Å²) >= 11 is 0. The average Bonchev–Trinajstić information content (AvgIpc) is 2.60. The smallest absolute Gasteiger partial charge is 0.326 e. The molecule has 0 aliphatic rings. The Labute approximate surface area is 167 Å². The number of carbonyl (C=O) groups excluding carboxylic acids is 5. The van der Waals surface area contributed by atoms with Gasteiger partial charge in [0.25, 0.3) is 0 Å². The quantitative estimate of drug-likeness (QED) is 0.157. The highest BCUT2D eigenvalue weighted by Crippen LogP contribution is 2.05. The number of carbonyl (C=O) groups is 6. The molecule has 0 heterocycles. The Hall–Kier alpha value is -3.22. The number of nitrogens with one attached hydrogen (secondary N) is 3. The summed E-state index contributed by atoms with van der Waals surface area (Å²) in [4.78, 5) is 69.9. The van der Waals surface area contributed by atoms with Crippen LogP contribution in [0.4, 0.5) is 0 Å². The lowest BCUT2D eigenvalue weighted by Crippen LogP contribution is -2.57. The van der Waals surface area contributed by atoms with Gasteiger partial charge in [-0.05, 0) is 12.3 Å². The molecular formula is C16H28N6O7. The molecule has 29 heavy (non-hydrogen) atoms. The van der Waals surface area contributed by atoms with Crippen molar-refractivity contribution in [3.8, 4) is 0 Å². The van der Waals surface area contributed by atoms with Crippen molar-refractivity contribution in [1.29, 1.82) is 0 Å². The van der Waals surface area contributed by atoms with Crippen LogP contribution >= 0.6 is 0 Å². The Kier molecular flexibility index (Phi) is 10.9. The fourth-order valence-corrected chi connectivity index (χ4v) is 2.26. The Balaban J connectivity index is 5.45. The standard InChI is InChI=1S/C16H28N6O7/c1-7(2)13(16(28)29)22-14(26)8(3-4-10(18)23)21-15(27)9(5-11(19)24)20-12(25)6-17/h7-9,13H,3-6,17H2,1-2H3,(H2,18,23)(H2,19,24)(H,20,25)(H,21,27)(H,22,26)(H,28,29). The van der Waals surface area contributed by atoms with Crippen LogP contribution < -0.4 is 33.2 Å². The van der Waals surface area contributed by atoms with Crippen molar-refractivity contribution in [3.63, 3.8) is 0 Å². The van der Waals surface area contributed by atoms with Gasteiger partial charge in [-0.15, -0.1) is 0 Å². The monoisotopic (exact) mass is 416 g/mol. The second kappa shape index (κ2) is 12.3. The average molecular weight is 416 g/mol. The Morgan fingerprint density at radius 2 is 1.41 bits per heavy atom. The number of hydrogen-bond donors (Lipinski definition) is 7. The van der Waals surface area contributed by atoms with Crippen molar-refractivity contribution in [2.24, 2.45) is 23.1 Å². The third kappa shape index (κ3) is 10.0. The summed E-state index contributed by atoms with van der Waals surface area (Å²) in [5.74, 6) is -5.94. The molecule has 0 fully saturated rings. The molecule has 3 atom stereocenters. The molecule has 0 rings (SSSR count). The summed E-state index contributed by atoms with van der Waals surface area (Å²) < 4.78 is 0. The molecule has 0 radical (unpaired) electrons. The number of aliphatic carboxylic acids is 1. The molecule has 13 heteroatoms. The highest BCUT2D eigenvalue weighted by Gasteiger charge is 2.31. The van der Waals surface area contributed by atoms with Crippen LogP contribution in [0.25, 0.3) is 0 Å². The molecule has 0 aliphatic carbocycles. The molecular weight excluding hydrogens is 388 g/mol. The van der Waals surface area contributed by atoms with Crippen LogP contribution in [0, 0.1) is 5.92 Å². The van der Waals surface area contributed by atoms with Gasteiger partial charge in [0.15, 0.2) is 0 Å². The summed E-state index contributed by atoms with van der Waals surface area (Å²) in [6.07, 6.45) is -1.08. The summed E-state index contributed by atoms with van der Waals surface area (Å²) in [7, 11) is 0. The van der Waals surface area contributed by atoms with E-state index >= 15 is 0 Å². The third-order valence-electron chi connectivity index (χ3n) is 3.79. The maximum Gasteiger partial charge on any atom is 0.326 e. The van der Waals surface area contributed by atoms with Crippen molar-refractivity contribution in [3.05, 3.63) is 0 Å². The predicted molar refractivity (Wildman–Crippen MR) is 99.6 cm³/mol. The second-order valence-corrected chi connectivity index (χ2v) is 6.63. The van der Waals surface area contributed by atoms with Gasteiger partial charge in [0.2, 0.25) is 29.5 Å². The van der Waals surface area contributed by atoms with Crippen LogP contribution in [0.3, 0.4) is 0 Å². The molecule has 0 saturated carbocycles. The number of primary amides is 2. The molecule has 0 bridgehead atoms. The summed E-state index contributed by atoms with van der Waals surface area (Å²) in [5.41, 5.74) is 15.3. The van der Waals surface area contributed by atoms with Crippen LogP contribution in [-0.2, 0) is 28.8 Å². The van der Waals surface area contributed by atoms with Gasteiger partial charge < -0.3 is 38.3 Å². The Morgan fingerprint density at radius 1 is 0.862 bits per heavy atom. The van der Waals surface area contributed by atoms with E-state index in [-0.39, 0.29) is 12.8 Å². The molecule has 0 aliphatic heterocycles. The van der Waals surface area contributed by atoms with Crippen molar-refractivity contribution in [2.75, 3.05) is 6.54 Å². The van der Waals surface area contributed by atoms with Crippen LogP contribution in [0.15, 0.2) is 0 Å². The third-order valence-corrected chi connectivity index (χ3v) is 3.79. The minimum atomic E-state index is -1.41. The van der Waals surface area contributed by atoms with E-state index in [1.54, 1.807) is 13.8 Å². The second-order valence-electron chi connectivity index (χ2n) is 6.63. The summed E-state index contributed by atoms with van der Waals surface area (Å²) in [5, 5.41) is 15.9. The van der Waals surface area contributed by atoms with Crippen molar-refractivity contribution in [1.82, 2.24) is 16.0 Å². The number of nitrogens with two attached hydrogens (primary N) is 3. The number of rotatable bonds is 13. The van der Waals surface area contributed by atoms with E-state index < -0.39 is 72.5 Å². The van der Waals surface area contributed by atoms with E-state index in [2.05, 4.69) is 16.0 Å². The van der Waals surface area contributed by atoms with Gasteiger partial charge in [-0.25, -0.2) is 4.79 Å². The number of hydrogen-bond acceptors (Lipinski definition) is 7. The predicted octanol–water partition coefficient (Wildman–Crippen LogP) is -3.72. The number of carboxylic acid groups (broad SMARTS) is 1. The van der Waals surface area contributed by atoms with E-state index in [1.807, 2.05) is 0 Å². The lowest BCUT2D eigenvalue weighted by Gasteiger charge is -2.25. The van der Waals surface area contributed by atoms with Gasteiger partial charge in [0.05, 0.1) is 13.0 Å². The van der Waals surface area contributed by atoms with E-state index in [0.29, 0.717) is 0 Å². The first kappa shape index (κ1) is 25.8. The molecule has 13 nitrogen and oxygen atoms in total. The minimum absolute atomic E-state index is 0.231. The van der Waals surface area contributed by atoms with E-state index in [4.69, 9.17) is 17.2 Å². The van der Waals surface area contributed by atoms with Gasteiger partial charge in [-0.3, -0.25) is 24.0 Å². The highest BCUT2D eigenvalue weighted by atomic mass is 16.4. The molecule has 0 saturated heterocycles. The molecule has 0 aromatic rings. The zero-order valence-corrected chi connectivity index (χ0v) is 16.3. The molecule has 10 N–H and O–H groups in total. The van der Waals surface area contributed by atoms with E-state index in [0.717, 1.165) is 0 Å². The fourth-order valence-electron chi connectivity index (χ4n) is 2.26. The highest BCUT2D eigenvalue weighted by molar-refractivity contribution is 5.95. The van der Waals surface area contributed by atoms with Crippen molar-refractivity contribution in [2.45, 2.75) is 51.2 Å². The normalized spacial score (nSPS) is 13.7. The SMILES string of the molecule is CC(C)C(NC(=O)C(CCC(N)=O)NC(=O)C(CC(N)=O)NC(=O)CN)C(=O)O. The zero-order chi connectivity index (χ0) is 22.7. The first-order chi connectivity index (χ1) is 13.4. The molecule has 0 spiro atoms. The molecule has 3 unspecified atom stereocenters. The molecule has 164 valence electrons. The molecule has 0 aromatic carbocycles. The maximum absolute atomic E-state index is 12.5. The van der Waals surface area contributed by atoms with Crippen molar-refractivity contribution < 1.29 is 33.9 Å². The van der Waals surface area contributed by atoms with Crippen LogP contribution in [0.5, 0.6) is 0 Å². The van der Waals surface area contributed by atoms with Gasteiger partial charge >= 0.3 is 5.97 Å². The van der Waals surface area contributed by atoms with Crippen LogP contribution in [0.2, 0.25) is 0 Å². The first-order valence-electron chi connectivity index (χ1n) is 8.78. The summed E-state index contributed by atoms with van der Waals surface area (Å²) in [6.45, 7) is 2.69. The van der Waals surface area contributed by atoms with Gasteiger partial charge in [0.1, 0.15) is 18.1 Å². The molecule has 5 amide bonds. The first-order valence-corrected chi connectivity index (χ1v) is 8.78. The maximum atomic E-state index is 12.5. The van der Waals surface area contributed by atoms with E-state index in [9.17, 15) is 33.9 Å². The van der Waals surface area contributed by atoms with Gasteiger partial charge in [-0.2, -0.15) is 0 Å². The zero-order valence-electron chi connectivity index (χ0n) is 16.3. The topological polar surface area (TPSA) is 237 Å². The number of carboxylic acids is 1. The largest absolute Gasteiger partial charge is 0.480 e. The van der Waals surface area contributed by atoms with Crippen molar-refractivity contribution >= 4 is 35.5 Å². The lowest BCUT2D eigenvalue weighted by atomic mass is 10.0. The van der Waals surface area contributed by atoms with Crippen LogP contribution in [0.1, 0.15) is 33.1 Å². The van der Waals surface area contributed by atoms with Gasteiger partial charge in [0, 0.05) is 6.42 Å². The fraction of sp³-hybridized carbons (Fsp3) is 0.625. The summed E-state index contributed by atoms with van der Waals surface area (Å²) in [6, 6.07) is -4.00. The lowest BCUT2D eigenvalue weighted by molar-refractivity contribution is -0.143. The number of amides is 5.